The van der Waals surface area contributed by atoms with Crippen molar-refractivity contribution in [2.75, 3.05) is 7.11 Å². The van der Waals surface area contributed by atoms with E-state index in [1.807, 2.05) is 30.5 Å². The third-order valence-electron chi connectivity index (χ3n) is 1.62. The Morgan fingerprint density at radius 1 is 1.38 bits per heavy atom. The quantitative estimate of drug-likeness (QED) is 0.650. The minimum absolute atomic E-state index is 0.339. The molecule has 1 rings (SSSR count). The van der Waals surface area contributed by atoms with Crippen LogP contribution in [0, 0.1) is 0 Å². The van der Waals surface area contributed by atoms with Gasteiger partial charge in [0.2, 0.25) is 0 Å². The summed E-state index contributed by atoms with van der Waals surface area (Å²) in [4.78, 5) is 4.29. The molecule has 1 aromatic carbocycles. The van der Waals surface area contributed by atoms with Crippen molar-refractivity contribution < 1.29 is 4.74 Å². The normalized spacial score (nSPS) is 11.1. The third kappa shape index (κ3) is 3.28. The van der Waals surface area contributed by atoms with Crippen molar-refractivity contribution >= 4 is 6.21 Å². The Bertz CT molecular complexity index is 292. The van der Waals surface area contributed by atoms with E-state index >= 15 is 0 Å². The zero-order valence-electron chi connectivity index (χ0n) is 8.32. The first-order valence-electron chi connectivity index (χ1n) is 4.39. The molecule has 0 aliphatic rings. The second-order valence-corrected chi connectivity index (χ2v) is 3.15. The molecule has 0 heterocycles. The summed E-state index contributed by atoms with van der Waals surface area (Å²) in [6.45, 7) is 4.10. The number of nitrogens with zero attached hydrogens (tertiary/aromatic N) is 1. The lowest BCUT2D eigenvalue weighted by molar-refractivity contribution is 0.415. The molecule has 0 unspecified atom stereocenters. The van der Waals surface area contributed by atoms with Gasteiger partial charge in [-0.1, -0.05) is 12.1 Å². The Hall–Kier alpha value is -1.31. The van der Waals surface area contributed by atoms with Gasteiger partial charge in [-0.2, -0.15) is 0 Å². The number of rotatable bonds is 3. The lowest BCUT2D eigenvalue weighted by atomic mass is 10.2. The summed E-state index contributed by atoms with van der Waals surface area (Å²) in [5, 5.41) is 0. The van der Waals surface area contributed by atoms with Crippen LogP contribution in [-0.2, 0) is 0 Å². The smallest absolute Gasteiger partial charge is 0.119 e. The molecule has 0 saturated carbocycles. The molecule has 0 bridgehead atoms. The van der Waals surface area contributed by atoms with Crippen molar-refractivity contribution in [3.63, 3.8) is 0 Å². The lowest BCUT2D eigenvalue weighted by Gasteiger charge is -2.00. The van der Waals surface area contributed by atoms with Gasteiger partial charge in [-0.3, -0.25) is 4.99 Å². The molecule has 1 aromatic rings. The van der Waals surface area contributed by atoms with Gasteiger partial charge in [-0.15, -0.1) is 0 Å². The Labute approximate surface area is 79.3 Å². The van der Waals surface area contributed by atoms with E-state index in [1.54, 1.807) is 7.11 Å². The molecule has 0 fully saturated rings. The number of aliphatic imine (C=N–C) groups is 1. The molecule has 0 amide bonds. The maximum atomic E-state index is 5.10. The third-order valence-corrected chi connectivity index (χ3v) is 1.62. The van der Waals surface area contributed by atoms with Gasteiger partial charge in [0.15, 0.2) is 0 Å². The Morgan fingerprint density at radius 2 is 2.15 bits per heavy atom. The SMILES string of the molecule is COc1cccc(C=NC(C)C)c1. The fourth-order valence-electron chi connectivity index (χ4n) is 0.957. The van der Waals surface area contributed by atoms with Crippen LogP contribution in [0.1, 0.15) is 19.4 Å². The van der Waals surface area contributed by atoms with Crippen LogP contribution in [-0.4, -0.2) is 19.4 Å². The molecule has 0 saturated heterocycles. The highest BCUT2D eigenvalue weighted by molar-refractivity contribution is 5.80. The minimum atomic E-state index is 0.339. The monoisotopic (exact) mass is 177 g/mol. The summed E-state index contributed by atoms with van der Waals surface area (Å²) in [6, 6.07) is 8.19. The van der Waals surface area contributed by atoms with Crippen molar-refractivity contribution in [2.24, 2.45) is 4.99 Å². The molecule has 0 aliphatic carbocycles. The summed E-state index contributed by atoms with van der Waals surface area (Å²) in [5.74, 6) is 0.868. The van der Waals surface area contributed by atoms with Gasteiger partial charge in [-0.25, -0.2) is 0 Å². The van der Waals surface area contributed by atoms with Crippen LogP contribution in [0.25, 0.3) is 0 Å². The largest absolute Gasteiger partial charge is 0.497 e. The van der Waals surface area contributed by atoms with E-state index in [4.69, 9.17) is 4.74 Å². The number of hydrogen-bond acceptors (Lipinski definition) is 2. The standard InChI is InChI=1S/C11H15NO/c1-9(2)12-8-10-5-4-6-11(7-10)13-3/h4-9H,1-3H3. The first-order chi connectivity index (χ1) is 6.22. The maximum Gasteiger partial charge on any atom is 0.119 e. The molecule has 2 heteroatoms. The summed E-state index contributed by atoms with van der Waals surface area (Å²) in [7, 11) is 1.67. The average molecular weight is 177 g/mol. The molecule has 0 atom stereocenters. The van der Waals surface area contributed by atoms with E-state index in [1.165, 1.54) is 0 Å². The van der Waals surface area contributed by atoms with E-state index in [9.17, 15) is 0 Å². The lowest BCUT2D eigenvalue weighted by Crippen LogP contribution is -1.91. The zero-order chi connectivity index (χ0) is 9.68. The van der Waals surface area contributed by atoms with Crippen molar-refractivity contribution in [1.82, 2.24) is 0 Å². The Balaban J connectivity index is 2.77. The zero-order valence-corrected chi connectivity index (χ0v) is 8.32. The number of methoxy groups -OCH3 is 1. The molecule has 70 valence electrons. The summed E-state index contributed by atoms with van der Waals surface area (Å²) in [5.41, 5.74) is 1.08. The summed E-state index contributed by atoms with van der Waals surface area (Å²) in [6.07, 6.45) is 1.87. The summed E-state index contributed by atoms with van der Waals surface area (Å²) >= 11 is 0. The molecule has 2 nitrogen and oxygen atoms in total. The Kier molecular flexibility index (Phi) is 3.50. The highest BCUT2D eigenvalue weighted by Crippen LogP contribution is 2.10. The van der Waals surface area contributed by atoms with Crippen LogP contribution < -0.4 is 4.74 Å². The average Bonchev–Trinajstić information content (AvgIpc) is 2.15. The van der Waals surface area contributed by atoms with E-state index < -0.39 is 0 Å². The van der Waals surface area contributed by atoms with Gasteiger partial charge < -0.3 is 4.74 Å². The first-order valence-corrected chi connectivity index (χ1v) is 4.39. The van der Waals surface area contributed by atoms with Crippen molar-refractivity contribution in [1.29, 1.82) is 0 Å². The summed E-state index contributed by atoms with van der Waals surface area (Å²) < 4.78 is 5.10. The van der Waals surface area contributed by atoms with Gasteiger partial charge >= 0.3 is 0 Å². The fraction of sp³-hybridized carbons (Fsp3) is 0.364. The predicted molar refractivity (Wildman–Crippen MR) is 55.7 cm³/mol. The second-order valence-electron chi connectivity index (χ2n) is 3.15. The second kappa shape index (κ2) is 4.65. The number of benzene rings is 1. The van der Waals surface area contributed by atoms with Gasteiger partial charge in [0.1, 0.15) is 5.75 Å². The maximum absolute atomic E-state index is 5.10. The van der Waals surface area contributed by atoms with Crippen molar-refractivity contribution in [3.05, 3.63) is 29.8 Å². The molecule has 0 aliphatic heterocycles. The van der Waals surface area contributed by atoms with Gasteiger partial charge in [-0.05, 0) is 31.5 Å². The van der Waals surface area contributed by atoms with E-state index in [0.717, 1.165) is 11.3 Å². The highest BCUT2D eigenvalue weighted by Gasteiger charge is 1.92. The molecule has 0 N–H and O–H groups in total. The van der Waals surface area contributed by atoms with E-state index in [0.29, 0.717) is 6.04 Å². The Morgan fingerprint density at radius 3 is 2.77 bits per heavy atom. The molecule has 0 spiro atoms. The number of hydrogen-bond donors (Lipinski definition) is 0. The van der Waals surface area contributed by atoms with Gasteiger partial charge in [0, 0.05) is 12.3 Å². The van der Waals surface area contributed by atoms with E-state index in [-0.39, 0.29) is 0 Å². The van der Waals surface area contributed by atoms with Crippen LogP contribution >= 0.6 is 0 Å². The highest BCUT2D eigenvalue weighted by atomic mass is 16.5. The molecular formula is C11H15NO. The topological polar surface area (TPSA) is 21.6 Å². The number of ether oxygens (including phenoxy) is 1. The van der Waals surface area contributed by atoms with Crippen LogP contribution in [0.15, 0.2) is 29.3 Å². The van der Waals surface area contributed by atoms with Crippen molar-refractivity contribution in [2.45, 2.75) is 19.9 Å². The molecule has 0 radical (unpaired) electrons. The molecule has 13 heavy (non-hydrogen) atoms. The van der Waals surface area contributed by atoms with Crippen LogP contribution in [0.2, 0.25) is 0 Å². The fourth-order valence-corrected chi connectivity index (χ4v) is 0.957. The van der Waals surface area contributed by atoms with Gasteiger partial charge in [0.05, 0.1) is 7.11 Å². The predicted octanol–water partition coefficient (Wildman–Crippen LogP) is 2.52. The van der Waals surface area contributed by atoms with Crippen LogP contribution in [0.3, 0.4) is 0 Å². The van der Waals surface area contributed by atoms with Crippen molar-refractivity contribution in [3.8, 4) is 5.75 Å². The van der Waals surface area contributed by atoms with Crippen LogP contribution in [0.4, 0.5) is 0 Å². The molecular weight excluding hydrogens is 162 g/mol. The van der Waals surface area contributed by atoms with Gasteiger partial charge in [0.25, 0.3) is 0 Å². The van der Waals surface area contributed by atoms with Crippen LogP contribution in [0.5, 0.6) is 5.75 Å². The minimum Gasteiger partial charge on any atom is -0.497 e. The first kappa shape index (κ1) is 9.78. The molecule has 0 aromatic heterocycles. The van der Waals surface area contributed by atoms with E-state index in [2.05, 4.69) is 18.8 Å².